The highest BCUT2D eigenvalue weighted by molar-refractivity contribution is 14.1. The predicted octanol–water partition coefficient (Wildman–Crippen LogP) is 4.20. The van der Waals surface area contributed by atoms with Crippen LogP contribution in [0.4, 0.5) is 0 Å². The van der Waals surface area contributed by atoms with Crippen LogP contribution in [0.2, 0.25) is 0 Å². The Morgan fingerprint density at radius 2 is 2.00 bits per heavy atom. The van der Waals surface area contributed by atoms with Crippen molar-refractivity contribution >= 4 is 51.0 Å². The van der Waals surface area contributed by atoms with Gasteiger partial charge < -0.3 is 0 Å². The second-order valence-electron chi connectivity index (χ2n) is 4.83. The Morgan fingerprint density at radius 3 is 2.81 bits per heavy atom. The third-order valence-electron chi connectivity index (χ3n) is 3.51. The van der Waals surface area contributed by atoms with Gasteiger partial charge in [-0.2, -0.15) is 0 Å². The highest BCUT2D eigenvalue weighted by atomic mass is 127. The van der Waals surface area contributed by atoms with Crippen molar-refractivity contribution in [3.05, 3.63) is 48.0 Å². The van der Waals surface area contributed by atoms with Gasteiger partial charge in [-0.05, 0) is 23.3 Å². The molecule has 0 N–H and O–H groups in total. The largest absolute Gasteiger partial charge is 0.273 e. The van der Waals surface area contributed by atoms with Crippen LogP contribution in [-0.4, -0.2) is 20.5 Å². The van der Waals surface area contributed by atoms with Crippen molar-refractivity contribution in [2.75, 3.05) is 4.43 Å². The van der Waals surface area contributed by atoms with Crippen LogP contribution in [0.1, 0.15) is 17.9 Å². The number of thioether (sulfide) groups is 1. The summed E-state index contributed by atoms with van der Waals surface area (Å²) in [6.45, 7) is 1.96. The van der Waals surface area contributed by atoms with Crippen molar-refractivity contribution in [2.24, 2.45) is 0 Å². The summed E-state index contributed by atoms with van der Waals surface area (Å²) in [6, 6.07) is 17.6. The molecule has 106 valence electrons. The molecule has 1 amide bonds. The van der Waals surface area contributed by atoms with Gasteiger partial charge in [-0.25, -0.2) is 0 Å². The quantitative estimate of drug-likeness (QED) is 0.401. The van der Waals surface area contributed by atoms with Crippen molar-refractivity contribution in [3.63, 3.8) is 0 Å². The molecule has 0 aliphatic carbocycles. The van der Waals surface area contributed by atoms with Gasteiger partial charge in [0.15, 0.2) is 0 Å². The van der Waals surface area contributed by atoms with E-state index in [1.165, 1.54) is 16.3 Å². The van der Waals surface area contributed by atoms with Crippen molar-refractivity contribution in [1.82, 2.24) is 4.90 Å². The monoisotopic (exact) mass is 407 g/mol. The normalized spacial score (nSPS) is 21.4. The summed E-state index contributed by atoms with van der Waals surface area (Å²) in [5.41, 5.74) is 1.17. The van der Waals surface area contributed by atoms with E-state index >= 15 is 0 Å². The molecule has 0 spiro atoms. The van der Waals surface area contributed by atoms with Crippen LogP contribution in [0.25, 0.3) is 10.8 Å². The van der Waals surface area contributed by atoms with Crippen LogP contribution < -0.4 is 0 Å². The number of amides is 1. The summed E-state index contributed by atoms with van der Waals surface area (Å²) in [6.07, 6.45) is 0. The van der Waals surface area contributed by atoms with Crippen LogP contribution in [-0.2, 0) is 4.79 Å². The van der Waals surface area contributed by atoms with Crippen LogP contribution in [0, 0.1) is 12.0 Å². The van der Waals surface area contributed by atoms with Gasteiger partial charge in [-0.1, -0.05) is 71.0 Å². The second kappa shape index (κ2) is 6.29. The molecule has 1 aliphatic heterocycles. The first kappa shape index (κ1) is 14.7. The minimum Gasteiger partial charge on any atom is -0.273 e. The number of nitrogens with zero attached hydrogens (tertiary/aromatic N) is 1. The minimum atomic E-state index is -0.0440. The number of hydrogen-bond donors (Lipinski definition) is 0. The predicted molar refractivity (Wildman–Crippen MR) is 97.3 cm³/mol. The zero-order chi connectivity index (χ0) is 14.8. The zero-order valence-corrected chi connectivity index (χ0v) is 14.5. The lowest BCUT2D eigenvalue weighted by atomic mass is 10.0. The van der Waals surface area contributed by atoms with Crippen molar-refractivity contribution in [3.8, 4) is 12.0 Å². The molecule has 2 atom stereocenters. The lowest BCUT2D eigenvalue weighted by Gasteiger charge is -2.19. The maximum atomic E-state index is 12.3. The lowest BCUT2D eigenvalue weighted by Crippen LogP contribution is -2.25. The first-order chi connectivity index (χ1) is 10.2. The molecule has 1 aliphatic rings. The van der Waals surface area contributed by atoms with E-state index in [0.29, 0.717) is 0 Å². The molecular weight excluding hydrogens is 393 g/mol. The van der Waals surface area contributed by atoms with E-state index < -0.39 is 0 Å². The van der Waals surface area contributed by atoms with Gasteiger partial charge in [0.25, 0.3) is 0 Å². The average Bonchev–Trinajstić information content (AvgIpc) is 2.80. The molecule has 2 nitrogen and oxygen atoms in total. The standard InChI is InChI=1S/C17H14INOS/c1-12-16(20)19(11-5-10-18)17(21-12)15-9-4-7-13-6-2-3-8-14(13)15/h2-4,6-9,12,17H,10H2,1H3. The SMILES string of the molecule is CC1SC(c2cccc3ccccc23)N(C#CCI)C1=O. The van der Waals surface area contributed by atoms with E-state index in [1.807, 2.05) is 19.1 Å². The molecule has 1 heterocycles. The summed E-state index contributed by atoms with van der Waals surface area (Å²) < 4.78 is 0.725. The third-order valence-corrected chi connectivity index (χ3v) is 5.22. The van der Waals surface area contributed by atoms with E-state index in [0.717, 1.165) is 4.43 Å². The Hall–Kier alpha value is -1.19. The number of halogens is 1. The lowest BCUT2D eigenvalue weighted by molar-refractivity contribution is -0.126. The van der Waals surface area contributed by atoms with Gasteiger partial charge in [0, 0.05) is 6.04 Å². The Kier molecular flexibility index (Phi) is 4.41. The number of carbonyl (C=O) groups is 1. The summed E-state index contributed by atoms with van der Waals surface area (Å²) in [4.78, 5) is 14.0. The maximum absolute atomic E-state index is 12.3. The molecule has 3 rings (SSSR count). The summed E-state index contributed by atoms with van der Waals surface area (Å²) in [7, 11) is 0. The van der Waals surface area contributed by atoms with Gasteiger partial charge in [-0.15, -0.1) is 11.8 Å². The van der Waals surface area contributed by atoms with E-state index in [9.17, 15) is 4.79 Å². The van der Waals surface area contributed by atoms with Gasteiger partial charge >= 0.3 is 0 Å². The fourth-order valence-electron chi connectivity index (χ4n) is 2.53. The Bertz CT molecular complexity index is 744. The summed E-state index contributed by atoms with van der Waals surface area (Å²) >= 11 is 3.88. The number of carbonyl (C=O) groups excluding carboxylic acids is 1. The van der Waals surface area contributed by atoms with Crippen LogP contribution in [0.3, 0.4) is 0 Å². The molecule has 0 radical (unpaired) electrons. The molecule has 2 aromatic carbocycles. The van der Waals surface area contributed by atoms with Crippen molar-refractivity contribution in [1.29, 1.82) is 0 Å². The maximum Gasteiger partial charge on any atom is 0.248 e. The van der Waals surface area contributed by atoms with E-state index in [2.05, 4.69) is 64.9 Å². The molecule has 0 bridgehead atoms. The fourth-order valence-corrected chi connectivity index (χ4v) is 3.95. The first-order valence-electron chi connectivity index (χ1n) is 6.73. The summed E-state index contributed by atoms with van der Waals surface area (Å²) in [5, 5.41) is 2.33. The molecule has 21 heavy (non-hydrogen) atoms. The smallest absolute Gasteiger partial charge is 0.248 e. The van der Waals surface area contributed by atoms with E-state index in [-0.39, 0.29) is 16.5 Å². The Labute approximate surface area is 142 Å². The number of fused-ring (bicyclic) bond motifs is 1. The zero-order valence-electron chi connectivity index (χ0n) is 11.5. The van der Waals surface area contributed by atoms with Crippen molar-refractivity contribution < 1.29 is 4.79 Å². The van der Waals surface area contributed by atoms with Gasteiger partial charge in [0.1, 0.15) is 5.37 Å². The Balaban J connectivity index is 2.10. The molecule has 1 saturated heterocycles. The number of rotatable bonds is 1. The van der Waals surface area contributed by atoms with E-state index in [4.69, 9.17) is 0 Å². The third kappa shape index (κ3) is 2.77. The topological polar surface area (TPSA) is 20.3 Å². The van der Waals surface area contributed by atoms with E-state index in [1.54, 1.807) is 16.7 Å². The van der Waals surface area contributed by atoms with Gasteiger partial charge in [-0.3, -0.25) is 9.69 Å². The molecule has 2 unspecified atom stereocenters. The number of alkyl halides is 1. The van der Waals surface area contributed by atoms with Crippen molar-refractivity contribution in [2.45, 2.75) is 17.5 Å². The second-order valence-corrected chi connectivity index (χ2v) is 7.02. The molecular formula is C17H14INOS. The van der Waals surface area contributed by atoms with Crippen LogP contribution in [0.5, 0.6) is 0 Å². The fraction of sp³-hybridized carbons (Fsp3) is 0.235. The Morgan fingerprint density at radius 1 is 1.24 bits per heavy atom. The minimum absolute atomic E-state index is 0.0194. The number of hydrogen-bond acceptors (Lipinski definition) is 2. The number of benzene rings is 2. The highest BCUT2D eigenvalue weighted by Gasteiger charge is 2.38. The first-order valence-corrected chi connectivity index (χ1v) is 9.20. The molecule has 0 saturated carbocycles. The molecule has 1 fully saturated rings. The summed E-state index contributed by atoms with van der Waals surface area (Å²) in [5.74, 6) is 3.12. The molecule has 4 heteroatoms. The van der Waals surface area contributed by atoms with Gasteiger partial charge in [0.05, 0.1) is 9.68 Å². The highest BCUT2D eigenvalue weighted by Crippen LogP contribution is 2.44. The molecule has 0 aromatic heterocycles. The van der Waals surface area contributed by atoms with Crippen LogP contribution >= 0.6 is 34.4 Å². The average molecular weight is 407 g/mol. The molecule has 2 aromatic rings. The van der Waals surface area contributed by atoms with Crippen LogP contribution in [0.15, 0.2) is 42.5 Å². The van der Waals surface area contributed by atoms with Gasteiger partial charge in [0.2, 0.25) is 5.91 Å².